The van der Waals surface area contributed by atoms with Crippen molar-refractivity contribution in [3.05, 3.63) is 76.4 Å². The van der Waals surface area contributed by atoms with Gasteiger partial charge in [-0.25, -0.2) is 8.42 Å². The van der Waals surface area contributed by atoms with E-state index in [4.69, 9.17) is 11.6 Å². The minimum Gasteiger partial charge on any atom is -0.350 e. The first kappa shape index (κ1) is 21.6. The van der Waals surface area contributed by atoms with E-state index in [1.54, 1.807) is 10.7 Å². The third-order valence-corrected chi connectivity index (χ3v) is 7.48. The zero-order valence-corrected chi connectivity index (χ0v) is 18.8. The van der Waals surface area contributed by atoms with Gasteiger partial charge in [0.2, 0.25) is 0 Å². The van der Waals surface area contributed by atoms with E-state index in [1.807, 2.05) is 55.5 Å². The standard InChI is InChI=1S/C23H24ClN3O3S/c1-16-2-6-18(7-3-16)22-14-21(26-27(22)20-11-13-31(29,30)15-20)23(28)25-12-10-17-4-8-19(24)9-5-17/h2-9,14,20H,10-13,15H2,1H3,(H,25,28)/t20-/m0/s1. The summed E-state index contributed by atoms with van der Waals surface area (Å²) in [5.41, 5.74) is 4.15. The van der Waals surface area contributed by atoms with Crippen molar-refractivity contribution in [2.75, 3.05) is 18.1 Å². The molecular formula is C23H24ClN3O3S. The fourth-order valence-corrected chi connectivity index (χ4v) is 5.57. The number of halogens is 1. The first-order valence-electron chi connectivity index (χ1n) is 10.2. The minimum absolute atomic E-state index is 0.0468. The number of amides is 1. The van der Waals surface area contributed by atoms with Crippen LogP contribution in [-0.2, 0) is 16.3 Å². The Balaban J connectivity index is 1.54. The highest BCUT2D eigenvalue weighted by molar-refractivity contribution is 7.91. The molecule has 2 heterocycles. The van der Waals surface area contributed by atoms with Gasteiger partial charge >= 0.3 is 0 Å². The summed E-state index contributed by atoms with van der Waals surface area (Å²) in [5, 5.41) is 8.10. The van der Waals surface area contributed by atoms with E-state index < -0.39 is 9.84 Å². The first-order chi connectivity index (χ1) is 14.8. The molecule has 0 unspecified atom stereocenters. The lowest BCUT2D eigenvalue weighted by molar-refractivity contribution is 0.0948. The summed E-state index contributed by atoms with van der Waals surface area (Å²) in [6.07, 6.45) is 1.18. The van der Waals surface area contributed by atoms with Crippen molar-refractivity contribution in [1.29, 1.82) is 0 Å². The lowest BCUT2D eigenvalue weighted by atomic mass is 10.1. The van der Waals surface area contributed by atoms with E-state index in [0.717, 1.165) is 22.4 Å². The number of nitrogens with one attached hydrogen (secondary N) is 1. The number of aromatic nitrogens is 2. The monoisotopic (exact) mass is 457 g/mol. The second-order valence-corrected chi connectivity index (χ2v) is 10.6. The Morgan fingerprint density at radius 3 is 2.52 bits per heavy atom. The van der Waals surface area contributed by atoms with Gasteiger partial charge < -0.3 is 5.32 Å². The summed E-state index contributed by atoms with van der Waals surface area (Å²) < 4.78 is 25.7. The Labute approximate surface area is 187 Å². The average Bonchev–Trinajstić information content (AvgIpc) is 3.33. The molecule has 1 atom stereocenters. The molecule has 3 aromatic rings. The van der Waals surface area contributed by atoms with Crippen LogP contribution in [0.4, 0.5) is 0 Å². The fraction of sp³-hybridized carbons (Fsp3) is 0.304. The maximum absolute atomic E-state index is 12.8. The van der Waals surface area contributed by atoms with Crippen molar-refractivity contribution in [1.82, 2.24) is 15.1 Å². The topological polar surface area (TPSA) is 81.1 Å². The van der Waals surface area contributed by atoms with Gasteiger partial charge in [0.1, 0.15) is 0 Å². The molecule has 1 aliphatic rings. The van der Waals surface area contributed by atoms with Gasteiger partial charge in [-0.05, 0) is 49.1 Å². The van der Waals surface area contributed by atoms with Crippen LogP contribution in [-0.4, -0.2) is 42.2 Å². The van der Waals surface area contributed by atoms with Crippen LogP contribution in [0.15, 0.2) is 54.6 Å². The number of sulfone groups is 1. The van der Waals surface area contributed by atoms with Crippen molar-refractivity contribution < 1.29 is 13.2 Å². The van der Waals surface area contributed by atoms with E-state index >= 15 is 0 Å². The molecule has 1 N–H and O–H groups in total. The molecule has 162 valence electrons. The maximum Gasteiger partial charge on any atom is 0.271 e. The molecule has 1 amide bonds. The number of rotatable bonds is 6. The second kappa shape index (κ2) is 8.85. The highest BCUT2D eigenvalue weighted by Gasteiger charge is 2.32. The lowest BCUT2D eigenvalue weighted by Gasteiger charge is -2.13. The molecule has 0 bridgehead atoms. The van der Waals surface area contributed by atoms with E-state index in [2.05, 4.69) is 10.4 Å². The Kier molecular flexibility index (Phi) is 6.16. The molecule has 8 heteroatoms. The molecule has 4 rings (SSSR count). The first-order valence-corrected chi connectivity index (χ1v) is 12.4. The summed E-state index contributed by atoms with van der Waals surface area (Å²) in [6.45, 7) is 2.47. The summed E-state index contributed by atoms with van der Waals surface area (Å²) in [6, 6.07) is 16.9. The van der Waals surface area contributed by atoms with Crippen molar-refractivity contribution in [2.24, 2.45) is 0 Å². The van der Waals surface area contributed by atoms with Crippen LogP contribution in [0, 0.1) is 6.92 Å². The molecule has 0 saturated carbocycles. The SMILES string of the molecule is Cc1ccc(-c2cc(C(=O)NCCc3ccc(Cl)cc3)nn2[C@H]2CCS(=O)(=O)C2)cc1. The van der Waals surface area contributed by atoms with Crippen molar-refractivity contribution in [3.63, 3.8) is 0 Å². The second-order valence-electron chi connectivity index (χ2n) is 7.91. The largest absolute Gasteiger partial charge is 0.350 e. The molecule has 0 aliphatic carbocycles. The predicted octanol–water partition coefficient (Wildman–Crippen LogP) is 3.84. The van der Waals surface area contributed by atoms with Crippen LogP contribution in [0.1, 0.15) is 34.1 Å². The normalized spacial score (nSPS) is 17.5. The summed E-state index contributed by atoms with van der Waals surface area (Å²) in [4.78, 5) is 12.8. The Morgan fingerprint density at radius 1 is 1.16 bits per heavy atom. The number of carbonyl (C=O) groups excluding carboxylic acids is 1. The lowest BCUT2D eigenvalue weighted by Crippen LogP contribution is -2.26. The number of benzene rings is 2. The van der Waals surface area contributed by atoms with Crippen molar-refractivity contribution in [3.8, 4) is 11.3 Å². The molecule has 0 radical (unpaired) electrons. The van der Waals surface area contributed by atoms with Gasteiger partial charge in [0, 0.05) is 11.6 Å². The summed E-state index contributed by atoms with van der Waals surface area (Å²) in [5.74, 6) is -0.0829. The minimum atomic E-state index is -3.08. The third-order valence-electron chi connectivity index (χ3n) is 5.48. The van der Waals surface area contributed by atoms with Gasteiger partial charge in [-0.3, -0.25) is 9.48 Å². The fourth-order valence-electron chi connectivity index (χ4n) is 3.75. The Bertz CT molecular complexity index is 1190. The highest BCUT2D eigenvalue weighted by Crippen LogP contribution is 2.30. The molecule has 1 saturated heterocycles. The van der Waals surface area contributed by atoms with Crippen LogP contribution in [0.5, 0.6) is 0 Å². The highest BCUT2D eigenvalue weighted by atomic mass is 35.5. The Morgan fingerprint density at radius 2 is 1.87 bits per heavy atom. The van der Waals surface area contributed by atoms with Gasteiger partial charge in [-0.15, -0.1) is 0 Å². The number of hydrogen-bond donors (Lipinski definition) is 1. The van der Waals surface area contributed by atoms with Crippen molar-refractivity contribution >= 4 is 27.3 Å². The van der Waals surface area contributed by atoms with Gasteiger partial charge in [0.15, 0.2) is 15.5 Å². The number of aryl methyl sites for hydroxylation is 1. The molecule has 2 aromatic carbocycles. The molecular weight excluding hydrogens is 434 g/mol. The van der Waals surface area contributed by atoms with Gasteiger partial charge in [0.05, 0.1) is 23.2 Å². The molecule has 6 nitrogen and oxygen atoms in total. The summed E-state index contributed by atoms with van der Waals surface area (Å²) in [7, 11) is -3.08. The van der Waals surface area contributed by atoms with Crippen LogP contribution in [0.25, 0.3) is 11.3 Å². The van der Waals surface area contributed by atoms with E-state index in [9.17, 15) is 13.2 Å². The average molecular weight is 458 g/mol. The van der Waals surface area contributed by atoms with E-state index in [1.165, 1.54) is 0 Å². The summed E-state index contributed by atoms with van der Waals surface area (Å²) >= 11 is 5.91. The van der Waals surface area contributed by atoms with Gasteiger partial charge in [-0.2, -0.15) is 5.10 Å². The van der Waals surface area contributed by atoms with E-state index in [-0.39, 0.29) is 29.1 Å². The smallest absolute Gasteiger partial charge is 0.271 e. The maximum atomic E-state index is 12.8. The van der Waals surface area contributed by atoms with Gasteiger partial charge in [0.25, 0.3) is 5.91 Å². The Hall–Kier alpha value is -2.64. The molecule has 31 heavy (non-hydrogen) atoms. The van der Waals surface area contributed by atoms with Crippen LogP contribution in [0.2, 0.25) is 5.02 Å². The third kappa shape index (κ3) is 5.17. The number of hydrogen-bond acceptors (Lipinski definition) is 4. The molecule has 0 spiro atoms. The van der Waals surface area contributed by atoms with Crippen LogP contribution in [0.3, 0.4) is 0 Å². The predicted molar refractivity (Wildman–Crippen MR) is 122 cm³/mol. The van der Waals surface area contributed by atoms with Crippen molar-refractivity contribution in [2.45, 2.75) is 25.8 Å². The molecule has 1 fully saturated rings. The van der Waals surface area contributed by atoms with Crippen LogP contribution < -0.4 is 5.32 Å². The quantitative estimate of drug-likeness (QED) is 0.609. The molecule has 1 aromatic heterocycles. The molecule has 1 aliphatic heterocycles. The van der Waals surface area contributed by atoms with E-state index in [0.29, 0.717) is 24.4 Å². The number of carbonyl (C=O) groups is 1. The number of nitrogens with zero attached hydrogens (tertiary/aromatic N) is 2. The van der Waals surface area contributed by atoms with Crippen LogP contribution >= 0.6 is 11.6 Å². The zero-order valence-electron chi connectivity index (χ0n) is 17.2. The van der Waals surface area contributed by atoms with Gasteiger partial charge in [-0.1, -0.05) is 53.6 Å². The zero-order chi connectivity index (χ0) is 22.0.